The maximum atomic E-state index is 12.8. The molecule has 0 spiro atoms. The third kappa shape index (κ3) is 9.42. The first-order valence-corrected chi connectivity index (χ1v) is 11.7. The van der Waals surface area contributed by atoms with Gasteiger partial charge in [0.1, 0.15) is 11.5 Å². The van der Waals surface area contributed by atoms with Crippen LogP contribution in [-0.4, -0.2) is 66.8 Å². The fourth-order valence-electron chi connectivity index (χ4n) is 3.97. The first kappa shape index (κ1) is 28.4. The summed E-state index contributed by atoms with van der Waals surface area (Å²) >= 11 is 0. The minimum Gasteiger partial charge on any atom is -0.497 e. The van der Waals surface area contributed by atoms with E-state index in [-0.39, 0.29) is 5.91 Å². The number of methoxy groups -OCH3 is 2. The molecule has 36 heavy (non-hydrogen) atoms. The minimum atomic E-state index is -1.26. The second kappa shape index (κ2) is 14.5. The summed E-state index contributed by atoms with van der Waals surface area (Å²) in [6.45, 7) is 1.18. The third-order valence-corrected chi connectivity index (χ3v) is 5.92. The Morgan fingerprint density at radius 2 is 1.61 bits per heavy atom. The van der Waals surface area contributed by atoms with E-state index >= 15 is 0 Å². The summed E-state index contributed by atoms with van der Waals surface area (Å²) in [5.74, 6) is -1.49. The van der Waals surface area contributed by atoms with Gasteiger partial charge in [-0.1, -0.05) is 24.6 Å². The molecule has 0 saturated carbocycles. The van der Waals surface area contributed by atoms with Crippen LogP contribution >= 0.6 is 0 Å². The quantitative estimate of drug-likeness (QED) is 0.442. The predicted molar refractivity (Wildman–Crippen MR) is 137 cm³/mol. The van der Waals surface area contributed by atoms with Crippen LogP contribution < -0.4 is 14.8 Å². The normalized spacial score (nSPS) is 15.5. The SMILES string of the molecule is COc1cc(OC)cc(C(=O)Nc2ccccc2CCC2CCCCN2C)c1.O=C(O)/C=C\C(=O)O. The van der Waals surface area contributed by atoms with Gasteiger partial charge in [-0.15, -0.1) is 0 Å². The number of carbonyl (C=O) groups excluding carboxylic acids is 1. The zero-order valence-corrected chi connectivity index (χ0v) is 20.9. The number of aliphatic carboxylic acids is 2. The molecule has 1 unspecified atom stereocenters. The van der Waals surface area contributed by atoms with Crippen LogP contribution in [0.3, 0.4) is 0 Å². The number of likely N-dealkylation sites (tertiary alicyclic amines) is 1. The lowest BCUT2D eigenvalue weighted by atomic mass is 9.96. The van der Waals surface area contributed by atoms with Crippen molar-refractivity contribution in [2.75, 3.05) is 33.1 Å². The van der Waals surface area contributed by atoms with Gasteiger partial charge in [0.2, 0.25) is 0 Å². The average molecular weight is 499 g/mol. The Hall–Kier alpha value is -3.85. The number of rotatable bonds is 9. The summed E-state index contributed by atoms with van der Waals surface area (Å²) in [4.78, 5) is 34.4. The molecule has 1 fully saturated rings. The Balaban J connectivity index is 0.000000493. The van der Waals surface area contributed by atoms with Crippen LogP contribution in [-0.2, 0) is 16.0 Å². The number of carboxylic acid groups (broad SMARTS) is 2. The van der Waals surface area contributed by atoms with Gasteiger partial charge in [-0.05, 0) is 63.0 Å². The van der Waals surface area contributed by atoms with E-state index in [2.05, 4.69) is 23.3 Å². The number of hydrogen-bond acceptors (Lipinski definition) is 6. The molecule has 0 bridgehead atoms. The van der Waals surface area contributed by atoms with Gasteiger partial charge in [-0.2, -0.15) is 0 Å². The highest BCUT2D eigenvalue weighted by molar-refractivity contribution is 6.05. The predicted octanol–water partition coefficient (Wildman–Crippen LogP) is 4.08. The number of aryl methyl sites for hydroxylation is 1. The van der Waals surface area contributed by atoms with E-state index in [0.29, 0.717) is 35.3 Å². The van der Waals surface area contributed by atoms with Gasteiger partial charge in [0.25, 0.3) is 5.91 Å². The monoisotopic (exact) mass is 498 g/mol. The van der Waals surface area contributed by atoms with Gasteiger partial charge in [0.05, 0.1) is 14.2 Å². The summed E-state index contributed by atoms with van der Waals surface area (Å²) in [7, 11) is 5.37. The van der Waals surface area contributed by atoms with Crippen molar-refractivity contribution in [2.45, 2.75) is 38.1 Å². The summed E-state index contributed by atoms with van der Waals surface area (Å²) in [5, 5.41) is 18.7. The van der Waals surface area contributed by atoms with Crippen LogP contribution in [0.5, 0.6) is 11.5 Å². The second-order valence-electron chi connectivity index (χ2n) is 8.39. The lowest BCUT2D eigenvalue weighted by Crippen LogP contribution is -2.36. The number of para-hydroxylation sites is 1. The molecule has 194 valence electrons. The van der Waals surface area contributed by atoms with Gasteiger partial charge >= 0.3 is 11.9 Å². The van der Waals surface area contributed by atoms with Crippen molar-refractivity contribution in [1.29, 1.82) is 0 Å². The van der Waals surface area contributed by atoms with Crippen LogP contribution in [0.15, 0.2) is 54.6 Å². The average Bonchev–Trinajstić information content (AvgIpc) is 2.87. The number of nitrogens with one attached hydrogen (secondary N) is 1. The Labute approximate surface area is 211 Å². The molecule has 1 aliphatic rings. The van der Waals surface area contributed by atoms with Crippen LogP contribution in [0.2, 0.25) is 0 Å². The Bertz CT molecular complexity index is 1030. The van der Waals surface area contributed by atoms with E-state index in [4.69, 9.17) is 19.7 Å². The second-order valence-corrected chi connectivity index (χ2v) is 8.39. The Kier molecular flexibility index (Phi) is 11.5. The van der Waals surface area contributed by atoms with Gasteiger partial charge in [-0.3, -0.25) is 4.79 Å². The molecule has 9 nitrogen and oxygen atoms in total. The lowest BCUT2D eigenvalue weighted by Gasteiger charge is -2.32. The molecular weight excluding hydrogens is 464 g/mol. The maximum Gasteiger partial charge on any atom is 0.328 e. The minimum absolute atomic E-state index is 0.167. The number of ether oxygens (including phenoxy) is 2. The van der Waals surface area contributed by atoms with E-state index in [1.165, 1.54) is 31.4 Å². The van der Waals surface area contributed by atoms with Crippen molar-refractivity contribution in [3.8, 4) is 11.5 Å². The molecular formula is C27H34N2O7. The summed E-state index contributed by atoms with van der Waals surface area (Å²) in [6.07, 6.45) is 7.04. The van der Waals surface area contributed by atoms with Crippen molar-refractivity contribution in [3.05, 3.63) is 65.7 Å². The molecule has 0 aromatic heterocycles. The largest absolute Gasteiger partial charge is 0.497 e. The van der Waals surface area contributed by atoms with E-state index in [9.17, 15) is 14.4 Å². The molecule has 2 aromatic carbocycles. The highest BCUT2D eigenvalue weighted by atomic mass is 16.5. The number of piperidine rings is 1. The van der Waals surface area contributed by atoms with Gasteiger partial charge in [-0.25, -0.2) is 9.59 Å². The molecule has 1 aliphatic heterocycles. The lowest BCUT2D eigenvalue weighted by molar-refractivity contribution is -0.134. The summed E-state index contributed by atoms with van der Waals surface area (Å²) in [6, 6.07) is 13.9. The Morgan fingerprint density at radius 3 is 2.17 bits per heavy atom. The van der Waals surface area contributed by atoms with Crippen LogP contribution in [0.4, 0.5) is 5.69 Å². The molecule has 1 heterocycles. The van der Waals surface area contributed by atoms with Crippen LogP contribution in [0, 0.1) is 0 Å². The topological polar surface area (TPSA) is 125 Å². The first-order chi connectivity index (χ1) is 17.2. The molecule has 1 amide bonds. The van der Waals surface area contributed by atoms with Gasteiger partial charge in [0, 0.05) is 35.5 Å². The number of carbonyl (C=O) groups is 3. The van der Waals surface area contributed by atoms with Crippen molar-refractivity contribution < 1.29 is 34.1 Å². The number of benzene rings is 2. The van der Waals surface area contributed by atoms with Crippen molar-refractivity contribution in [1.82, 2.24) is 4.90 Å². The van der Waals surface area contributed by atoms with Crippen molar-refractivity contribution in [3.63, 3.8) is 0 Å². The first-order valence-electron chi connectivity index (χ1n) is 11.7. The fraction of sp³-hybridized carbons (Fsp3) is 0.370. The molecule has 1 atom stereocenters. The molecule has 3 rings (SSSR count). The maximum absolute atomic E-state index is 12.8. The Morgan fingerprint density at radius 1 is 1.00 bits per heavy atom. The molecule has 0 aliphatic carbocycles. The molecule has 0 radical (unpaired) electrons. The van der Waals surface area contributed by atoms with E-state index in [1.807, 2.05) is 18.2 Å². The van der Waals surface area contributed by atoms with E-state index in [0.717, 1.165) is 18.5 Å². The highest BCUT2D eigenvalue weighted by Crippen LogP contribution is 2.26. The summed E-state index contributed by atoms with van der Waals surface area (Å²) in [5.41, 5.74) is 2.55. The number of nitrogens with zero attached hydrogens (tertiary/aromatic N) is 1. The highest BCUT2D eigenvalue weighted by Gasteiger charge is 2.19. The molecule has 1 saturated heterocycles. The van der Waals surface area contributed by atoms with Crippen molar-refractivity contribution >= 4 is 23.5 Å². The number of amides is 1. The summed E-state index contributed by atoms with van der Waals surface area (Å²) < 4.78 is 10.5. The molecule has 2 aromatic rings. The zero-order valence-electron chi connectivity index (χ0n) is 20.9. The number of anilines is 1. The smallest absolute Gasteiger partial charge is 0.328 e. The molecule has 3 N–H and O–H groups in total. The van der Waals surface area contributed by atoms with E-state index in [1.54, 1.807) is 32.4 Å². The van der Waals surface area contributed by atoms with Crippen LogP contribution in [0.25, 0.3) is 0 Å². The number of carboxylic acids is 2. The van der Waals surface area contributed by atoms with E-state index < -0.39 is 11.9 Å². The van der Waals surface area contributed by atoms with Gasteiger partial charge < -0.3 is 29.9 Å². The third-order valence-electron chi connectivity index (χ3n) is 5.92. The molecule has 9 heteroatoms. The standard InChI is InChI=1S/C23H30N2O3.C4H4O4/c1-25-13-7-6-9-19(25)12-11-17-8-4-5-10-22(17)24-23(26)18-14-20(27-2)16-21(15-18)28-3;5-3(6)1-2-4(7)8/h4-5,8,10,14-16,19H,6-7,9,11-13H2,1-3H3,(H,24,26);1-2H,(H,5,6)(H,7,8)/b;2-1-. The van der Waals surface area contributed by atoms with Crippen molar-refractivity contribution in [2.24, 2.45) is 0 Å². The number of hydrogen-bond donors (Lipinski definition) is 3. The van der Waals surface area contributed by atoms with Gasteiger partial charge in [0.15, 0.2) is 0 Å². The fourth-order valence-corrected chi connectivity index (χ4v) is 3.97. The van der Waals surface area contributed by atoms with Crippen LogP contribution in [0.1, 0.15) is 41.6 Å². The zero-order chi connectivity index (χ0) is 26.5.